The maximum Gasteiger partial charge on any atom is 0.0459 e. The topological polar surface area (TPSA) is 20.2 Å². The van der Waals surface area contributed by atoms with E-state index in [0.717, 1.165) is 29.6 Å². The zero-order chi connectivity index (χ0) is 11.7. The monoisotopic (exact) mass is 224 g/mol. The van der Waals surface area contributed by atoms with Gasteiger partial charge >= 0.3 is 0 Å². The van der Waals surface area contributed by atoms with E-state index in [1.54, 1.807) is 0 Å². The Morgan fingerprint density at radius 3 is 2.50 bits per heavy atom. The van der Waals surface area contributed by atoms with Crippen molar-refractivity contribution in [3.8, 4) is 0 Å². The molecule has 0 amide bonds. The third kappa shape index (κ3) is 2.30. The first-order chi connectivity index (χ1) is 7.63. The Hall–Kier alpha value is -0.0400. The smallest absolute Gasteiger partial charge is 0.0459 e. The zero-order valence-electron chi connectivity index (χ0n) is 11.2. The molecule has 0 aromatic rings. The van der Waals surface area contributed by atoms with Crippen molar-refractivity contribution in [1.82, 2.24) is 0 Å². The van der Waals surface area contributed by atoms with Gasteiger partial charge < -0.3 is 5.11 Å². The van der Waals surface area contributed by atoms with Gasteiger partial charge in [-0.15, -0.1) is 0 Å². The quantitative estimate of drug-likeness (QED) is 0.774. The van der Waals surface area contributed by atoms with E-state index in [-0.39, 0.29) is 0 Å². The van der Waals surface area contributed by atoms with Crippen molar-refractivity contribution in [2.75, 3.05) is 6.61 Å². The van der Waals surface area contributed by atoms with Crippen molar-refractivity contribution < 1.29 is 5.11 Å². The van der Waals surface area contributed by atoms with Crippen molar-refractivity contribution in [3.63, 3.8) is 0 Å². The van der Waals surface area contributed by atoms with Crippen molar-refractivity contribution in [3.05, 3.63) is 0 Å². The number of rotatable bonds is 3. The lowest BCUT2D eigenvalue weighted by atomic mass is 9.63. The molecule has 0 radical (unpaired) electrons. The number of hydrogen-bond donors (Lipinski definition) is 1. The minimum absolute atomic E-state index is 0.382. The Bertz CT molecular complexity index is 223. The molecule has 2 rings (SSSR count). The van der Waals surface area contributed by atoms with Crippen LogP contribution in [0.3, 0.4) is 0 Å². The van der Waals surface area contributed by atoms with Crippen molar-refractivity contribution in [1.29, 1.82) is 0 Å². The normalized spacial score (nSPS) is 41.1. The molecule has 2 aliphatic carbocycles. The van der Waals surface area contributed by atoms with Crippen molar-refractivity contribution in [2.24, 2.45) is 35.5 Å². The number of fused-ring (bicyclic) bond motifs is 1. The molecule has 0 heterocycles. The molecule has 2 fully saturated rings. The van der Waals surface area contributed by atoms with Crippen LogP contribution in [0, 0.1) is 35.5 Å². The summed E-state index contributed by atoms with van der Waals surface area (Å²) in [6, 6.07) is 0. The lowest BCUT2D eigenvalue weighted by Gasteiger charge is -2.42. The first-order valence-electron chi connectivity index (χ1n) is 7.24. The van der Waals surface area contributed by atoms with Gasteiger partial charge in [-0.3, -0.25) is 0 Å². The third-order valence-electron chi connectivity index (χ3n) is 5.40. The second-order valence-corrected chi connectivity index (χ2v) is 6.65. The number of aliphatic hydroxyl groups excluding tert-OH is 1. The fraction of sp³-hybridized carbons (Fsp3) is 1.00. The van der Waals surface area contributed by atoms with Gasteiger partial charge in [0.2, 0.25) is 0 Å². The predicted octanol–water partition coefficient (Wildman–Crippen LogP) is 3.71. The Labute approximate surface area is 101 Å². The number of aliphatic hydroxyl groups is 1. The van der Waals surface area contributed by atoms with E-state index in [4.69, 9.17) is 0 Å². The molecular weight excluding hydrogens is 196 g/mol. The number of hydrogen-bond acceptors (Lipinski definition) is 1. The van der Waals surface area contributed by atoms with E-state index in [0.29, 0.717) is 12.5 Å². The Morgan fingerprint density at radius 2 is 1.88 bits per heavy atom. The second kappa shape index (κ2) is 5.08. The molecule has 5 atom stereocenters. The highest BCUT2D eigenvalue weighted by Crippen LogP contribution is 2.51. The van der Waals surface area contributed by atoms with Crippen LogP contribution >= 0.6 is 0 Å². The summed E-state index contributed by atoms with van der Waals surface area (Å²) >= 11 is 0. The van der Waals surface area contributed by atoms with Crippen LogP contribution in [0.25, 0.3) is 0 Å². The second-order valence-electron chi connectivity index (χ2n) is 6.65. The van der Waals surface area contributed by atoms with Crippen LogP contribution in [-0.4, -0.2) is 11.7 Å². The summed E-state index contributed by atoms with van der Waals surface area (Å²) in [5.74, 6) is 5.07. The van der Waals surface area contributed by atoms with Crippen molar-refractivity contribution in [2.45, 2.75) is 52.9 Å². The molecule has 1 nitrogen and oxygen atoms in total. The van der Waals surface area contributed by atoms with E-state index in [2.05, 4.69) is 20.8 Å². The molecule has 1 heteroatoms. The predicted molar refractivity (Wildman–Crippen MR) is 68.1 cm³/mol. The highest BCUT2D eigenvalue weighted by Gasteiger charge is 2.42. The lowest BCUT2D eigenvalue weighted by molar-refractivity contribution is 0.0521. The third-order valence-corrected chi connectivity index (χ3v) is 5.40. The average Bonchev–Trinajstić information content (AvgIpc) is 2.74. The summed E-state index contributed by atoms with van der Waals surface area (Å²) in [6.45, 7) is 7.41. The van der Waals surface area contributed by atoms with Gasteiger partial charge in [0.15, 0.2) is 0 Å². The molecule has 5 unspecified atom stereocenters. The lowest BCUT2D eigenvalue weighted by Crippen LogP contribution is -2.35. The summed E-state index contributed by atoms with van der Waals surface area (Å²) in [5, 5.41) is 9.35. The standard InChI is InChI=1S/C15H28O/c1-10(2)15-8-13(11(3)9-16)7-12-5-4-6-14(12)15/h10-16H,4-9H2,1-3H3. The summed E-state index contributed by atoms with van der Waals surface area (Å²) in [5.41, 5.74) is 0. The SMILES string of the molecule is CC(C)C1CC(C(C)CO)CC2CCCC21. The van der Waals surface area contributed by atoms with Gasteiger partial charge in [0.05, 0.1) is 0 Å². The fourth-order valence-electron chi connectivity index (χ4n) is 4.31. The van der Waals surface area contributed by atoms with E-state index >= 15 is 0 Å². The van der Waals surface area contributed by atoms with Gasteiger partial charge in [-0.1, -0.05) is 33.6 Å². The maximum atomic E-state index is 9.35. The fourth-order valence-corrected chi connectivity index (χ4v) is 4.31. The molecule has 0 spiro atoms. The van der Waals surface area contributed by atoms with Crippen LogP contribution in [0.4, 0.5) is 0 Å². The largest absolute Gasteiger partial charge is 0.396 e. The Kier molecular flexibility index (Phi) is 3.94. The van der Waals surface area contributed by atoms with Crippen LogP contribution in [-0.2, 0) is 0 Å². The molecular formula is C15H28O. The summed E-state index contributed by atoms with van der Waals surface area (Å²) < 4.78 is 0. The first-order valence-corrected chi connectivity index (χ1v) is 7.24. The molecule has 0 aliphatic heterocycles. The minimum atomic E-state index is 0.382. The summed E-state index contributed by atoms with van der Waals surface area (Å²) in [6.07, 6.45) is 7.17. The van der Waals surface area contributed by atoms with Gasteiger partial charge in [-0.25, -0.2) is 0 Å². The van der Waals surface area contributed by atoms with E-state index in [1.807, 2.05) is 0 Å². The minimum Gasteiger partial charge on any atom is -0.396 e. The van der Waals surface area contributed by atoms with Crippen molar-refractivity contribution >= 4 is 0 Å². The highest BCUT2D eigenvalue weighted by atomic mass is 16.3. The average molecular weight is 224 g/mol. The molecule has 2 aliphatic rings. The van der Waals surface area contributed by atoms with Gasteiger partial charge in [-0.05, 0) is 54.8 Å². The van der Waals surface area contributed by atoms with Gasteiger partial charge in [0.1, 0.15) is 0 Å². The van der Waals surface area contributed by atoms with Crippen LogP contribution in [0.5, 0.6) is 0 Å². The molecule has 0 aromatic heterocycles. The molecule has 0 aromatic carbocycles. The Morgan fingerprint density at radius 1 is 1.12 bits per heavy atom. The zero-order valence-corrected chi connectivity index (χ0v) is 11.2. The van der Waals surface area contributed by atoms with Gasteiger partial charge in [-0.2, -0.15) is 0 Å². The summed E-state index contributed by atoms with van der Waals surface area (Å²) in [7, 11) is 0. The first kappa shape index (κ1) is 12.4. The van der Waals surface area contributed by atoms with E-state index < -0.39 is 0 Å². The molecule has 94 valence electrons. The molecule has 16 heavy (non-hydrogen) atoms. The molecule has 0 saturated heterocycles. The Balaban J connectivity index is 2.06. The molecule has 2 saturated carbocycles. The van der Waals surface area contributed by atoms with Crippen LogP contribution in [0.15, 0.2) is 0 Å². The summed E-state index contributed by atoms with van der Waals surface area (Å²) in [4.78, 5) is 0. The van der Waals surface area contributed by atoms with Gasteiger partial charge in [0.25, 0.3) is 0 Å². The van der Waals surface area contributed by atoms with E-state index in [9.17, 15) is 5.11 Å². The van der Waals surface area contributed by atoms with Gasteiger partial charge in [0, 0.05) is 6.61 Å². The highest BCUT2D eigenvalue weighted by molar-refractivity contribution is 4.92. The van der Waals surface area contributed by atoms with Crippen LogP contribution in [0.2, 0.25) is 0 Å². The molecule has 0 bridgehead atoms. The maximum absolute atomic E-state index is 9.35. The van der Waals surface area contributed by atoms with Crippen LogP contribution in [0.1, 0.15) is 52.9 Å². The van der Waals surface area contributed by atoms with E-state index in [1.165, 1.54) is 32.1 Å². The molecule has 1 N–H and O–H groups in total. The van der Waals surface area contributed by atoms with Crippen LogP contribution < -0.4 is 0 Å².